The third-order valence-electron chi connectivity index (χ3n) is 4.70. The van der Waals surface area contributed by atoms with Gasteiger partial charge >= 0.3 is 5.97 Å². The second-order valence-corrected chi connectivity index (χ2v) is 6.89. The van der Waals surface area contributed by atoms with Crippen molar-refractivity contribution in [1.29, 1.82) is 0 Å². The number of oxazole rings is 1. The molecule has 0 fully saturated rings. The van der Waals surface area contributed by atoms with E-state index in [-0.39, 0.29) is 18.2 Å². The first-order valence-electron chi connectivity index (χ1n) is 10.0. The molecule has 0 amide bonds. The van der Waals surface area contributed by atoms with Gasteiger partial charge in [0, 0.05) is 17.2 Å². The molecule has 0 aliphatic heterocycles. The minimum Gasteiger partial charge on any atom is -0.465 e. The fourth-order valence-corrected chi connectivity index (χ4v) is 3.15. The lowest BCUT2D eigenvalue weighted by Gasteiger charge is -2.09. The number of aromatic nitrogens is 5. The van der Waals surface area contributed by atoms with Gasteiger partial charge < -0.3 is 13.6 Å². The van der Waals surface area contributed by atoms with Crippen LogP contribution < -0.4 is 0 Å². The highest BCUT2D eigenvalue weighted by atomic mass is 16.5. The van der Waals surface area contributed by atoms with Crippen LogP contribution in [0.25, 0.3) is 34.5 Å². The zero-order chi connectivity index (χ0) is 22.5. The third-order valence-corrected chi connectivity index (χ3v) is 4.70. The van der Waals surface area contributed by atoms with E-state index in [9.17, 15) is 4.79 Å². The van der Waals surface area contributed by atoms with Gasteiger partial charge in [-0.3, -0.25) is 0 Å². The fourth-order valence-electron chi connectivity index (χ4n) is 3.15. The van der Waals surface area contributed by atoms with Gasteiger partial charge in [-0.25, -0.2) is 9.78 Å². The van der Waals surface area contributed by atoms with E-state index in [2.05, 4.69) is 20.5 Å². The van der Waals surface area contributed by atoms with E-state index in [1.165, 1.54) is 17.0 Å². The minimum absolute atomic E-state index is 0.0728. The van der Waals surface area contributed by atoms with Crippen molar-refractivity contribution in [1.82, 2.24) is 25.2 Å². The molecule has 0 saturated heterocycles. The Labute approximate surface area is 187 Å². The fraction of sp³-hybridized carbons (Fsp3) is 0.0417. The first kappa shape index (κ1) is 20.1. The van der Waals surface area contributed by atoms with Crippen molar-refractivity contribution in [2.45, 2.75) is 6.61 Å². The standard InChI is InChI=1S/C24H17N5O4/c30-24(32-16-22-25-15-21(33-22)17-8-3-1-4-9-17)20(14-19-12-7-13-31-19)29-23(26-27-28-29)18-10-5-2-6-11-18/h1-15H,16H2/b20-14+. The summed E-state index contributed by atoms with van der Waals surface area (Å²) in [6, 6.07) is 22.2. The van der Waals surface area contributed by atoms with E-state index in [1.807, 2.05) is 60.7 Å². The molecule has 0 atom stereocenters. The van der Waals surface area contributed by atoms with E-state index in [0.29, 0.717) is 17.3 Å². The van der Waals surface area contributed by atoms with Crippen molar-refractivity contribution in [2.75, 3.05) is 0 Å². The smallest absolute Gasteiger partial charge is 0.357 e. The molecule has 33 heavy (non-hydrogen) atoms. The van der Waals surface area contributed by atoms with Crippen molar-refractivity contribution in [3.8, 4) is 22.7 Å². The Hall–Kier alpha value is -4.79. The highest BCUT2D eigenvalue weighted by molar-refractivity contribution is 6.15. The molecule has 0 spiro atoms. The maximum Gasteiger partial charge on any atom is 0.357 e. The molecular formula is C24H17N5O4. The Morgan fingerprint density at radius 3 is 2.45 bits per heavy atom. The molecule has 0 radical (unpaired) electrons. The summed E-state index contributed by atoms with van der Waals surface area (Å²) in [6.07, 6.45) is 4.60. The summed E-state index contributed by atoms with van der Waals surface area (Å²) in [5, 5.41) is 11.8. The molecule has 5 aromatic rings. The summed E-state index contributed by atoms with van der Waals surface area (Å²) in [4.78, 5) is 17.3. The normalized spacial score (nSPS) is 11.5. The quantitative estimate of drug-likeness (QED) is 0.272. The van der Waals surface area contributed by atoms with Crippen molar-refractivity contribution >= 4 is 17.7 Å². The van der Waals surface area contributed by atoms with E-state index in [4.69, 9.17) is 13.6 Å². The number of benzene rings is 2. The average Bonchev–Trinajstić information content (AvgIpc) is 3.64. The van der Waals surface area contributed by atoms with Gasteiger partial charge in [-0.1, -0.05) is 60.7 Å². The zero-order valence-corrected chi connectivity index (χ0v) is 17.2. The third kappa shape index (κ3) is 4.47. The zero-order valence-electron chi connectivity index (χ0n) is 17.2. The lowest BCUT2D eigenvalue weighted by atomic mass is 10.2. The van der Waals surface area contributed by atoms with Crippen LogP contribution in [0.4, 0.5) is 0 Å². The van der Waals surface area contributed by atoms with Gasteiger partial charge in [0.15, 0.2) is 23.9 Å². The van der Waals surface area contributed by atoms with Gasteiger partial charge in [0.25, 0.3) is 0 Å². The summed E-state index contributed by atoms with van der Waals surface area (Å²) in [7, 11) is 0. The molecule has 0 aliphatic carbocycles. The van der Waals surface area contributed by atoms with Crippen LogP contribution in [0.5, 0.6) is 0 Å². The number of rotatable bonds is 7. The highest BCUT2D eigenvalue weighted by Gasteiger charge is 2.22. The van der Waals surface area contributed by atoms with Crippen LogP contribution in [0, 0.1) is 0 Å². The van der Waals surface area contributed by atoms with Crippen molar-refractivity contribution < 1.29 is 18.4 Å². The molecule has 3 heterocycles. The van der Waals surface area contributed by atoms with Crippen LogP contribution >= 0.6 is 0 Å². The number of tetrazole rings is 1. The molecule has 0 bridgehead atoms. The Balaban J connectivity index is 1.40. The van der Waals surface area contributed by atoms with Crippen molar-refractivity contribution in [2.24, 2.45) is 0 Å². The molecule has 2 aromatic carbocycles. The average molecular weight is 439 g/mol. The largest absolute Gasteiger partial charge is 0.465 e. The van der Waals surface area contributed by atoms with Crippen LogP contribution in [0.2, 0.25) is 0 Å². The van der Waals surface area contributed by atoms with Crippen LogP contribution in [-0.4, -0.2) is 31.2 Å². The maximum atomic E-state index is 13.1. The minimum atomic E-state index is -0.671. The lowest BCUT2D eigenvalue weighted by molar-refractivity contribution is -0.138. The number of ether oxygens (including phenoxy) is 1. The number of nitrogens with zero attached hydrogens (tertiary/aromatic N) is 5. The number of hydrogen-bond donors (Lipinski definition) is 0. The number of furan rings is 1. The first-order chi connectivity index (χ1) is 16.3. The highest BCUT2D eigenvalue weighted by Crippen LogP contribution is 2.23. The summed E-state index contributed by atoms with van der Waals surface area (Å²) in [5.41, 5.74) is 1.69. The van der Waals surface area contributed by atoms with E-state index < -0.39 is 5.97 Å². The molecule has 0 unspecified atom stereocenters. The number of esters is 1. The van der Waals surface area contributed by atoms with E-state index >= 15 is 0 Å². The molecule has 3 aromatic heterocycles. The Bertz CT molecular complexity index is 1370. The number of hydrogen-bond acceptors (Lipinski definition) is 8. The van der Waals surface area contributed by atoms with Crippen LogP contribution in [-0.2, 0) is 16.1 Å². The molecule has 0 saturated carbocycles. The summed E-state index contributed by atoms with van der Waals surface area (Å²) in [6.45, 7) is -0.163. The van der Waals surface area contributed by atoms with Gasteiger partial charge in [0.05, 0.1) is 12.5 Å². The molecule has 5 rings (SSSR count). The molecule has 162 valence electrons. The predicted octanol–water partition coefficient (Wildman–Crippen LogP) is 4.33. The Morgan fingerprint density at radius 1 is 0.970 bits per heavy atom. The molecule has 9 heteroatoms. The monoisotopic (exact) mass is 439 g/mol. The van der Waals surface area contributed by atoms with Crippen molar-refractivity contribution in [3.63, 3.8) is 0 Å². The number of carbonyl (C=O) groups is 1. The first-order valence-corrected chi connectivity index (χ1v) is 10.0. The Morgan fingerprint density at radius 2 is 1.73 bits per heavy atom. The summed E-state index contributed by atoms with van der Waals surface area (Å²) in [5.74, 6) is 1.00. The lowest BCUT2D eigenvalue weighted by Crippen LogP contribution is -2.15. The number of carbonyl (C=O) groups excluding carboxylic acids is 1. The summed E-state index contributed by atoms with van der Waals surface area (Å²) < 4.78 is 17.9. The molecular weight excluding hydrogens is 422 g/mol. The second-order valence-electron chi connectivity index (χ2n) is 6.89. The van der Waals surface area contributed by atoms with E-state index in [0.717, 1.165) is 11.1 Å². The Kier molecular flexibility index (Phi) is 5.58. The maximum absolute atomic E-state index is 13.1. The molecule has 0 aliphatic rings. The van der Waals surface area contributed by atoms with Gasteiger partial charge in [0.2, 0.25) is 5.89 Å². The van der Waals surface area contributed by atoms with Gasteiger partial charge in [0.1, 0.15) is 5.76 Å². The van der Waals surface area contributed by atoms with Gasteiger partial charge in [-0.2, -0.15) is 4.68 Å². The second kappa shape index (κ2) is 9.15. The topological polar surface area (TPSA) is 109 Å². The molecule has 9 nitrogen and oxygen atoms in total. The van der Waals surface area contributed by atoms with Gasteiger partial charge in [-0.15, -0.1) is 5.10 Å². The molecule has 0 N–H and O–H groups in total. The van der Waals surface area contributed by atoms with Gasteiger partial charge in [-0.05, 0) is 22.6 Å². The van der Waals surface area contributed by atoms with Crippen LogP contribution in [0.1, 0.15) is 11.7 Å². The summed E-state index contributed by atoms with van der Waals surface area (Å²) >= 11 is 0. The van der Waals surface area contributed by atoms with E-state index in [1.54, 1.807) is 18.3 Å². The predicted molar refractivity (Wildman–Crippen MR) is 118 cm³/mol. The SMILES string of the molecule is O=C(OCc1ncc(-c2ccccc2)o1)/C(=C\c1ccco1)n1nnnc1-c1ccccc1. The van der Waals surface area contributed by atoms with Crippen molar-refractivity contribution in [3.05, 3.63) is 96.9 Å². The van der Waals surface area contributed by atoms with Crippen LogP contribution in [0.3, 0.4) is 0 Å². The van der Waals surface area contributed by atoms with Crippen LogP contribution in [0.15, 0.2) is 94.1 Å².